The number of halogens is 4. The van der Waals surface area contributed by atoms with Crippen molar-refractivity contribution in [2.24, 2.45) is 0 Å². The molecule has 0 saturated heterocycles. The normalized spacial score (nSPS) is 12.6. The van der Waals surface area contributed by atoms with Crippen molar-refractivity contribution >= 4 is 38.4 Å². The molecular weight excluding hydrogens is 473 g/mol. The maximum Gasteiger partial charge on any atom is 0.417 e. The molecule has 0 spiro atoms. The van der Waals surface area contributed by atoms with Gasteiger partial charge in [-0.05, 0) is 42.5 Å². The molecule has 3 aromatic carbocycles. The molecule has 0 radical (unpaired) electrons. The SMILES string of the molecule is N#C/C(=C\c1c(-c2ccccc2C(F)(F)F)[nH]c2ccccc12)S(=O)(=O)c1ccc(Cl)cc1. The highest BCUT2D eigenvalue weighted by Crippen LogP contribution is 2.40. The smallest absolute Gasteiger partial charge is 0.354 e. The van der Waals surface area contributed by atoms with Crippen LogP contribution in [0.4, 0.5) is 13.2 Å². The minimum Gasteiger partial charge on any atom is -0.354 e. The molecule has 1 aromatic heterocycles. The number of benzene rings is 3. The lowest BCUT2D eigenvalue weighted by molar-refractivity contribution is -0.137. The number of fused-ring (bicyclic) bond motifs is 1. The second-order valence-electron chi connectivity index (χ2n) is 7.08. The number of H-pyrrole nitrogens is 1. The number of aromatic amines is 1. The predicted molar refractivity (Wildman–Crippen MR) is 121 cm³/mol. The third kappa shape index (κ3) is 4.25. The monoisotopic (exact) mass is 486 g/mol. The summed E-state index contributed by atoms with van der Waals surface area (Å²) < 4.78 is 67.3. The molecule has 0 aliphatic rings. The molecule has 1 N–H and O–H groups in total. The van der Waals surface area contributed by atoms with E-state index < -0.39 is 26.5 Å². The van der Waals surface area contributed by atoms with Gasteiger partial charge >= 0.3 is 6.18 Å². The van der Waals surface area contributed by atoms with E-state index in [1.807, 2.05) is 0 Å². The highest BCUT2D eigenvalue weighted by atomic mass is 35.5. The first-order valence-electron chi connectivity index (χ1n) is 9.52. The number of hydrogen-bond acceptors (Lipinski definition) is 3. The highest BCUT2D eigenvalue weighted by molar-refractivity contribution is 7.95. The van der Waals surface area contributed by atoms with E-state index in [1.165, 1.54) is 42.5 Å². The maximum atomic E-state index is 13.7. The molecular formula is C24H14ClF3N2O2S. The first-order chi connectivity index (χ1) is 15.6. The molecule has 33 heavy (non-hydrogen) atoms. The summed E-state index contributed by atoms with van der Waals surface area (Å²) in [5, 5.41) is 10.5. The average molecular weight is 487 g/mol. The molecule has 4 nitrogen and oxygen atoms in total. The lowest BCUT2D eigenvalue weighted by Gasteiger charge is -2.12. The van der Waals surface area contributed by atoms with Crippen molar-refractivity contribution in [2.75, 3.05) is 0 Å². The lowest BCUT2D eigenvalue weighted by atomic mass is 9.99. The van der Waals surface area contributed by atoms with Gasteiger partial charge in [-0.3, -0.25) is 0 Å². The molecule has 0 aliphatic carbocycles. The summed E-state index contributed by atoms with van der Waals surface area (Å²) >= 11 is 5.83. The highest BCUT2D eigenvalue weighted by Gasteiger charge is 2.34. The summed E-state index contributed by atoms with van der Waals surface area (Å²) in [4.78, 5) is 2.19. The van der Waals surface area contributed by atoms with Crippen LogP contribution in [-0.4, -0.2) is 13.4 Å². The van der Waals surface area contributed by atoms with Crippen LogP contribution < -0.4 is 0 Å². The zero-order chi connectivity index (χ0) is 23.8. The quantitative estimate of drug-likeness (QED) is 0.321. The number of allylic oxidation sites excluding steroid dienone is 1. The minimum atomic E-state index is -4.64. The molecule has 0 saturated carbocycles. The van der Waals surface area contributed by atoms with Gasteiger partial charge in [0, 0.05) is 27.1 Å². The lowest BCUT2D eigenvalue weighted by Crippen LogP contribution is -2.07. The number of nitrogens with zero attached hydrogens (tertiary/aromatic N) is 1. The molecule has 166 valence electrons. The van der Waals surface area contributed by atoms with Gasteiger partial charge in [0.25, 0.3) is 0 Å². The van der Waals surface area contributed by atoms with Gasteiger partial charge in [-0.1, -0.05) is 48.0 Å². The van der Waals surface area contributed by atoms with E-state index in [4.69, 9.17) is 11.6 Å². The molecule has 0 bridgehead atoms. The third-order valence-corrected chi connectivity index (χ3v) is 6.98. The Morgan fingerprint density at radius 1 is 0.970 bits per heavy atom. The van der Waals surface area contributed by atoms with Crippen LogP contribution in [0.3, 0.4) is 0 Å². The van der Waals surface area contributed by atoms with Gasteiger partial charge in [0.2, 0.25) is 9.84 Å². The summed E-state index contributed by atoms with van der Waals surface area (Å²) in [7, 11) is -4.24. The van der Waals surface area contributed by atoms with Crippen LogP contribution in [0.5, 0.6) is 0 Å². The van der Waals surface area contributed by atoms with Gasteiger partial charge < -0.3 is 4.98 Å². The Balaban J connectivity index is 2.00. The van der Waals surface area contributed by atoms with E-state index >= 15 is 0 Å². The number of aromatic nitrogens is 1. The van der Waals surface area contributed by atoms with Crippen LogP contribution in [0.25, 0.3) is 28.2 Å². The number of nitrogens with one attached hydrogen (secondary N) is 1. The Bertz CT molecular complexity index is 1530. The van der Waals surface area contributed by atoms with Crippen LogP contribution in [0.15, 0.2) is 82.6 Å². The van der Waals surface area contributed by atoms with E-state index in [2.05, 4.69) is 4.98 Å². The van der Waals surface area contributed by atoms with E-state index in [1.54, 1.807) is 30.3 Å². The van der Waals surface area contributed by atoms with Gasteiger partial charge in [0.15, 0.2) is 0 Å². The standard InChI is InChI=1S/C24H14ClF3N2O2S/c25-15-9-11-16(12-10-15)33(31,32)17(14-29)13-20-18-5-2-4-8-22(18)30-23(20)19-6-1-3-7-21(19)24(26,27)28/h1-13,30H/b17-13+. The zero-order valence-electron chi connectivity index (χ0n) is 16.7. The van der Waals surface area contributed by atoms with E-state index in [0.29, 0.717) is 15.9 Å². The van der Waals surface area contributed by atoms with Crippen molar-refractivity contribution in [3.63, 3.8) is 0 Å². The molecule has 4 aromatic rings. The van der Waals surface area contributed by atoms with Gasteiger partial charge in [0.1, 0.15) is 11.0 Å². The summed E-state index contributed by atoms with van der Waals surface area (Å²) in [5.41, 5.74) is -0.324. The topological polar surface area (TPSA) is 73.7 Å². The number of rotatable bonds is 4. The van der Waals surface area contributed by atoms with Crippen molar-refractivity contribution in [1.82, 2.24) is 4.98 Å². The molecule has 1 heterocycles. The first-order valence-corrected chi connectivity index (χ1v) is 11.4. The largest absolute Gasteiger partial charge is 0.417 e. The van der Waals surface area contributed by atoms with Crippen molar-refractivity contribution in [3.05, 3.63) is 93.9 Å². The fraction of sp³-hybridized carbons (Fsp3) is 0.0417. The van der Waals surface area contributed by atoms with Gasteiger partial charge in [-0.15, -0.1) is 0 Å². The van der Waals surface area contributed by atoms with E-state index in [9.17, 15) is 26.9 Å². The fourth-order valence-corrected chi connectivity index (χ4v) is 4.78. The summed E-state index contributed by atoms with van der Waals surface area (Å²) in [6.45, 7) is 0. The van der Waals surface area contributed by atoms with Crippen molar-refractivity contribution in [1.29, 1.82) is 5.26 Å². The number of sulfone groups is 1. The molecule has 0 amide bonds. The van der Waals surface area contributed by atoms with E-state index in [0.717, 1.165) is 12.1 Å². The first kappa shape index (κ1) is 22.6. The third-order valence-electron chi connectivity index (χ3n) is 5.05. The van der Waals surface area contributed by atoms with Crippen molar-refractivity contribution in [2.45, 2.75) is 11.1 Å². The molecule has 4 rings (SSSR count). The molecule has 0 unspecified atom stereocenters. The van der Waals surface area contributed by atoms with Crippen molar-refractivity contribution < 1.29 is 21.6 Å². The Labute approximate surface area is 192 Å². The average Bonchev–Trinajstić information content (AvgIpc) is 3.15. The second kappa shape index (κ2) is 8.43. The summed E-state index contributed by atoms with van der Waals surface area (Å²) in [6, 6.07) is 18.6. The Kier molecular flexibility index (Phi) is 5.78. The van der Waals surface area contributed by atoms with Crippen LogP contribution in [0, 0.1) is 11.3 Å². The van der Waals surface area contributed by atoms with Gasteiger partial charge in [-0.25, -0.2) is 8.42 Å². The number of para-hydroxylation sites is 1. The number of nitriles is 1. The Hall–Kier alpha value is -3.54. The predicted octanol–water partition coefficient (Wildman–Crippen LogP) is 6.85. The van der Waals surface area contributed by atoms with Crippen molar-refractivity contribution in [3.8, 4) is 17.3 Å². The van der Waals surface area contributed by atoms with Crippen LogP contribution in [0.1, 0.15) is 11.1 Å². The Morgan fingerprint density at radius 2 is 1.61 bits per heavy atom. The van der Waals surface area contributed by atoms with E-state index in [-0.39, 0.29) is 21.7 Å². The molecule has 0 fully saturated rings. The van der Waals surface area contributed by atoms with Crippen LogP contribution >= 0.6 is 11.6 Å². The second-order valence-corrected chi connectivity index (χ2v) is 9.43. The minimum absolute atomic E-state index is 0.0585. The summed E-state index contributed by atoms with van der Waals surface area (Å²) in [5.74, 6) is 0. The summed E-state index contributed by atoms with van der Waals surface area (Å²) in [6.07, 6.45) is -3.53. The Morgan fingerprint density at radius 3 is 2.27 bits per heavy atom. The fourth-order valence-electron chi connectivity index (χ4n) is 3.52. The molecule has 0 atom stereocenters. The molecule has 0 aliphatic heterocycles. The van der Waals surface area contributed by atoms with Gasteiger partial charge in [-0.2, -0.15) is 18.4 Å². The number of hydrogen-bond donors (Lipinski definition) is 1. The number of alkyl halides is 3. The van der Waals surface area contributed by atoms with Gasteiger partial charge in [0.05, 0.1) is 16.2 Å². The maximum absolute atomic E-state index is 13.7. The van der Waals surface area contributed by atoms with Crippen LogP contribution in [-0.2, 0) is 16.0 Å². The molecule has 9 heteroatoms. The van der Waals surface area contributed by atoms with Crippen LogP contribution in [0.2, 0.25) is 5.02 Å². The zero-order valence-corrected chi connectivity index (χ0v) is 18.3.